The summed E-state index contributed by atoms with van der Waals surface area (Å²) in [6.07, 6.45) is 6.58. The summed E-state index contributed by atoms with van der Waals surface area (Å²) in [5.74, 6) is 1.80. The van der Waals surface area contributed by atoms with E-state index in [1.807, 2.05) is 0 Å². The van der Waals surface area contributed by atoms with E-state index in [9.17, 15) is 0 Å². The molecule has 0 aromatic carbocycles. The van der Waals surface area contributed by atoms with Crippen molar-refractivity contribution in [1.29, 1.82) is 0 Å². The maximum absolute atomic E-state index is 6.09. The molecule has 0 heterocycles. The molecular formula is C10H19Cl. The molecule has 2 atom stereocenters. The van der Waals surface area contributed by atoms with E-state index in [1.54, 1.807) is 0 Å². The van der Waals surface area contributed by atoms with E-state index in [0.717, 1.165) is 11.8 Å². The SMILES string of the molecule is CC(C)C1CCCC(Cl)CC1. The Kier molecular flexibility index (Phi) is 3.71. The van der Waals surface area contributed by atoms with Crippen LogP contribution in [0.1, 0.15) is 46.0 Å². The first kappa shape index (κ1) is 9.38. The topological polar surface area (TPSA) is 0 Å². The number of alkyl halides is 1. The summed E-state index contributed by atoms with van der Waals surface area (Å²) in [7, 11) is 0. The van der Waals surface area contributed by atoms with Crippen LogP contribution in [0, 0.1) is 11.8 Å². The van der Waals surface area contributed by atoms with E-state index in [1.165, 1.54) is 32.1 Å². The Morgan fingerprint density at radius 1 is 1.09 bits per heavy atom. The largest absolute Gasteiger partial charge is 0.123 e. The van der Waals surface area contributed by atoms with Crippen molar-refractivity contribution >= 4 is 11.6 Å². The van der Waals surface area contributed by atoms with Gasteiger partial charge in [0.05, 0.1) is 0 Å². The van der Waals surface area contributed by atoms with Gasteiger partial charge in [-0.15, -0.1) is 11.6 Å². The van der Waals surface area contributed by atoms with Crippen LogP contribution in [0.25, 0.3) is 0 Å². The first-order chi connectivity index (χ1) is 5.20. The number of hydrogen-bond donors (Lipinski definition) is 0. The van der Waals surface area contributed by atoms with Gasteiger partial charge in [0.15, 0.2) is 0 Å². The molecule has 0 radical (unpaired) electrons. The van der Waals surface area contributed by atoms with Crippen LogP contribution in [0.5, 0.6) is 0 Å². The lowest BCUT2D eigenvalue weighted by Gasteiger charge is -2.17. The van der Waals surface area contributed by atoms with Crippen LogP contribution in [0.2, 0.25) is 0 Å². The van der Waals surface area contributed by atoms with E-state index >= 15 is 0 Å². The Labute approximate surface area is 75.3 Å². The molecule has 0 bridgehead atoms. The highest BCUT2D eigenvalue weighted by Crippen LogP contribution is 2.30. The quantitative estimate of drug-likeness (QED) is 0.419. The van der Waals surface area contributed by atoms with Gasteiger partial charge in [0, 0.05) is 5.38 Å². The average Bonchev–Trinajstić information content (AvgIpc) is 2.13. The molecular weight excluding hydrogens is 156 g/mol. The van der Waals surface area contributed by atoms with Crippen LogP contribution in [-0.4, -0.2) is 5.38 Å². The summed E-state index contributed by atoms with van der Waals surface area (Å²) in [6.45, 7) is 4.67. The van der Waals surface area contributed by atoms with Gasteiger partial charge in [-0.1, -0.05) is 26.7 Å². The first-order valence-electron chi connectivity index (χ1n) is 4.84. The fraction of sp³-hybridized carbons (Fsp3) is 1.00. The number of rotatable bonds is 1. The zero-order chi connectivity index (χ0) is 8.27. The number of hydrogen-bond acceptors (Lipinski definition) is 0. The molecule has 0 saturated heterocycles. The maximum Gasteiger partial charge on any atom is 0.0336 e. The van der Waals surface area contributed by atoms with Crippen molar-refractivity contribution in [2.75, 3.05) is 0 Å². The second-order valence-electron chi connectivity index (χ2n) is 4.11. The van der Waals surface area contributed by atoms with Crippen molar-refractivity contribution in [3.05, 3.63) is 0 Å². The molecule has 0 aliphatic heterocycles. The van der Waals surface area contributed by atoms with Gasteiger partial charge in [-0.05, 0) is 31.1 Å². The van der Waals surface area contributed by atoms with Crippen LogP contribution in [0.3, 0.4) is 0 Å². The Bertz CT molecular complexity index is 109. The van der Waals surface area contributed by atoms with Crippen LogP contribution in [0.15, 0.2) is 0 Å². The molecule has 1 rings (SSSR count). The van der Waals surface area contributed by atoms with Gasteiger partial charge in [-0.25, -0.2) is 0 Å². The van der Waals surface area contributed by atoms with Gasteiger partial charge in [0.2, 0.25) is 0 Å². The van der Waals surface area contributed by atoms with Crippen LogP contribution in [0.4, 0.5) is 0 Å². The minimum Gasteiger partial charge on any atom is -0.123 e. The lowest BCUT2D eigenvalue weighted by Crippen LogP contribution is -2.07. The molecule has 0 aromatic rings. The van der Waals surface area contributed by atoms with Gasteiger partial charge in [0.1, 0.15) is 0 Å². The summed E-state index contributed by atoms with van der Waals surface area (Å²) in [5.41, 5.74) is 0. The minimum atomic E-state index is 0.471. The molecule has 2 unspecified atom stereocenters. The zero-order valence-corrected chi connectivity index (χ0v) is 8.40. The van der Waals surface area contributed by atoms with Gasteiger partial charge < -0.3 is 0 Å². The fourth-order valence-corrected chi connectivity index (χ4v) is 2.23. The van der Waals surface area contributed by atoms with Crippen LogP contribution >= 0.6 is 11.6 Å². The molecule has 1 saturated carbocycles. The van der Waals surface area contributed by atoms with E-state index < -0.39 is 0 Å². The maximum atomic E-state index is 6.09. The summed E-state index contributed by atoms with van der Waals surface area (Å²) >= 11 is 6.09. The van der Waals surface area contributed by atoms with Gasteiger partial charge in [-0.2, -0.15) is 0 Å². The van der Waals surface area contributed by atoms with Gasteiger partial charge in [0.25, 0.3) is 0 Å². The van der Waals surface area contributed by atoms with E-state index in [4.69, 9.17) is 11.6 Å². The predicted octanol–water partition coefficient (Wildman–Crippen LogP) is 3.83. The van der Waals surface area contributed by atoms with Crippen molar-refractivity contribution in [1.82, 2.24) is 0 Å². The standard InChI is InChI=1S/C10H19Cl/c1-8(2)9-4-3-5-10(11)7-6-9/h8-10H,3-7H2,1-2H3. The molecule has 0 aromatic heterocycles. The molecule has 0 nitrogen and oxygen atoms in total. The molecule has 0 amide bonds. The molecule has 66 valence electrons. The molecule has 11 heavy (non-hydrogen) atoms. The van der Waals surface area contributed by atoms with Crippen molar-refractivity contribution in [2.24, 2.45) is 11.8 Å². The molecule has 0 spiro atoms. The predicted molar refractivity (Wildman–Crippen MR) is 51.1 cm³/mol. The summed E-state index contributed by atoms with van der Waals surface area (Å²) < 4.78 is 0. The smallest absolute Gasteiger partial charge is 0.0336 e. The molecule has 1 heteroatoms. The third-order valence-corrected chi connectivity index (χ3v) is 3.32. The van der Waals surface area contributed by atoms with Crippen molar-refractivity contribution in [3.8, 4) is 0 Å². The monoisotopic (exact) mass is 174 g/mol. The summed E-state index contributed by atoms with van der Waals surface area (Å²) in [5, 5.41) is 0.471. The highest BCUT2D eigenvalue weighted by Gasteiger charge is 2.19. The number of halogens is 1. The van der Waals surface area contributed by atoms with Crippen LogP contribution in [-0.2, 0) is 0 Å². The van der Waals surface area contributed by atoms with E-state index in [0.29, 0.717) is 5.38 Å². The molecule has 1 aliphatic rings. The Balaban J connectivity index is 2.34. The summed E-state index contributed by atoms with van der Waals surface area (Å²) in [6, 6.07) is 0. The molecule has 0 N–H and O–H groups in total. The minimum absolute atomic E-state index is 0.471. The fourth-order valence-electron chi connectivity index (χ4n) is 1.95. The second kappa shape index (κ2) is 4.35. The highest BCUT2D eigenvalue weighted by atomic mass is 35.5. The van der Waals surface area contributed by atoms with Crippen molar-refractivity contribution in [2.45, 2.75) is 51.3 Å². The third kappa shape index (κ3) is 3.02. The van der Waals surface area contributed by atoms with Crippen LogP contribution < -0.4 is 0 Å². The first-order valence-corrected chi connectivity index (χ1v) is 5.28. The van der Waals surface area contributed by atoms with E-state index in [-0.39, 0.29) is 0 Å². The third-order valence-electron chi connectivity index (χ3n) is 2.89. The molecule has 1 aliphatic carbocycles. The van der Waals surface area contributed by atoms with Gasteiger partial charge in [-0.3, -0.25) is 0 Å². The Hall–Kier alpha value is 0.290. The lowest BCUT2D eigenvalue weighted by atomic mass is 9.89. The average molecular weight is 175 g/mol. The Morgan fingerprint density at radius 2 is 1.82 bits per heavy atom. The summed E-state index contributed by atoms with van der Waals surface area (Å²) in [4.78, 5) is 0. The second-order valence-corrected chi connectivity index (χ2v) is 4.73. The van der Waals surface area contributed by atoms with Gasteiger partial charge >= 0.3 is 0 Å². The van der Waals surface area contributed by atoms with Crippen molar-refractivity contribution < 1.29 is 0 Å². The lowest BCUT2D eigenvalue weighted by molar-refractivity contribution is 0.343. The Morgan fingerprint density at radius 3 is 2.45 bits per heavy atom. The highest BCUT2D eigenvalue weighted by molar-refractivity contribution is 6.20. The van der Waals surface area contributed by atoms with E-state index in [2.05, 4.69) is 13.8 Å². The van der Waals surface area contributed by atoms with Crippen molar-refractivity contribution in [3.63, 3.8) is 0 Å². The normalized spacial score (nSPS) is 33.8. The zero-order valence-electron chi connectivity index (χ0n) is 7.65. The molecule has 1 fully saturated rings.